The van der Waals surface area contributed by atoms with Gasteiger partial charge in [-0.1, -0.05) is 6.92 Å². The normalized spacial score (nSPS) is 34.7. The molecule has 3 unspecified atom stereocenters. The van der Waals surface area contributed by atoms with Crippen LogP contribution in [0.3, 0.4) is 0 Å². The predicted molar refractivity (Wildman–Crippen MR) is 58.2 cm³/mol. The Morgan fingerprint density at radius 3 is 2.60 bits per heavy atom. The molecule has 3 heteroatoms. The Bertz CT molecular complexity index is 232. The Balaban J connectivity index is 1.75. The molecule has 0 heterocycles. The maximum Gasteiger partial charge on any atom is 0.223 e. The summed E-state index contributed by atoms with van der Waals surface area (Å²) < 4.78 is 0. The minimum absolute atomic E-state index is 0.161. The molecular formula is C12H21NO2. The number of nitrogens with one attached hydrogen (secondary N) is 1. The summed E-state index contributed by atoms with van der Waals surface area (Å²) in [5, 5.41) is 11.9. The summed E-state index contributed by atoms with van der Waals surface area (Å²) in [6.45, 7) is 2.21. The molecule has 1 amide bonds. The van der Waals surface area contributed by atoms with Crippen LogP contribution in [0.4, 0.5) is 0 Å². The van der Waals surface area contributed by atoms with Gasteiger partial charge in [0.25, 0.3) is 0 Å². The topological polar surface area (TPSA) is 49.3 Å². The summed E-state index contributed by atoms with van der Waals surface area (Å²) in [6.07, 6.45) is 5.16. The second-order valence-corrected chi connectivity index (χ2v) is 5.05. The van der Waals surface area contributed by atoms with E-state index in [2.05, 4.69) is 5.32 Å². The smallest absolute Gasteiger partial charge is 0.223 e. The molecule has 2 aliphatic carbocycles. The van der Waals surface area contributed by atoms with Crippen molar-refractivity contribution in [3.8, 4) is 0 Å². The van der Waals surface area contributed by atoms with Crippen LogP contribution in [0, 0.1) is 17.8 Å². The van der Waals surface area contributed by atoms with Crippen molar-refractivity contribution < 1.29 is 9.90 Å². The van der Waals surface area contributed by atoms with Gasteiger partial charge in [-0.15, -0.1) is 0 Å². The van der Waals surface area contributed by atoms with Gasteiger partial charge in [0.1, 0.15) is 0 Å². The van der Waals surface area contributed by atoms with Crippen LogP contribution in [0.2, 0.25) is 0 Å². The molecule has 0 bridgehead atoms. The second-order valence-electron chi connectivity index (χ2n) is 5.05. The molecule has 2 N–H and O–H groups in total. The van der Waals surface area contributed by atoms with Crippen molar-refractivity contribution in [2.45, 2.75) is 45.1 Å². The van der Waals surface area contributed by atoms with E-state index in [4.69, 9.17) is 5.11 Å². The van der Waals surface area contributed by atoms with Crippen molar-refractivity contribution in [2.24, 2.45) is 17.8 Å². The molecule has 0 spiro atoms. The minimum atomic E-state index is 0.161. The summed E-state index contributed by atoms with van der Waals surface area (Å²) >= 11 is 0. The number of hydrogen-bond acceptors (Lipinski definition) is 2. The number of carbonyl (C=O) groups excluding carboxylic acids is 1. The summed E-state index contributed by atoms with van der Waals surface area (Å²) in [7, 11) is 0. The van der Waals surface area contributed by atoms with Crippen LogP contribution in [0.1, 0.15) is 39.0 Å². The maximum atomic E-state index is 11.9. The molecule has 0 aromatic heterocycles. The van der Waals surface area contributed by atoms with E-state index in [0.29, 0.717) is 6.42 Å². The van der Waals surface area contributed by atoms with Crippen LogP contribution in [-0.2, 0) is 4.79 Å². The molecule has 2 rings (SSSR count). The lowest BCUT2D eigenvalue weighted by Crippen LogP contribution is -2.38. The van der Waals surface area contributed by atoms with Crippen LogP contribution in [0.25, 0.3) is 0 Å². The first-order valence-corrected chi connectivity index (χ1v) is 6.15. The van der Waals surface area contributed by atoms with E-state index < -0.39 is 0 Å². The third kappa shape index (κ3) is 2.51. The van der Waals surface area contributed by atoms with Crippen molar-refractivity contribution in [1.29, 1.82) is 0 Å². The monoisotopic (exact) mass is 211 g/mol. The molecule has 15 heavy (non-hydrogen) atoms. The van der Waals surface area contributed by atoms with Crippen molar-refractivity contribution in [3.63, 3.8) is 0 Å². The lowest BCUT2D eigenvalue weighted by Gasteiger charge is -2.19. The van der Waals surface area contributed by atoms with Gasteiger partial charge in [-0.2, -0.15) is 0 Å². The molecule has 86 valence electrons. The van der Waals surface area contributed by atoms with Crippen LogP contribution in [-0.4, -0.2) is 23.7 Å². The fourth-order valence-electron chi connectivity index (χ4n) is 2.78. The Hall–Kier alpha value is -0.570. The second kappa shape index (κ2) is 4.52. The van der Waals surface area contributed by atoms with E-state index in [1.165, 1.54) is 6.42 Å². The maximum absolute atomic E-state index is 11.9. The number of hydrogen-bond donors (Lipinski definition) is 2. The highest BCUT2D eigenvalue weighted by molar-refractivity contribution is 5.79. The highest BCUT2D eigenvalue weighted by Crippen LogP contribution is 2.54. The lowest BCUT2D eigenvalue weighted by molar-refractivity contribution is -0.125. The van der Waals surface area contributed by atoms with E-state index in [1.54, 1.807) is 0 Å². The van der Waals surface area contributed by atoms with Gasteiger partial charge in [0, 0.05) is 18.6 Å². The summed E-state index contributed by atoms with van der Waals surface area (Å²) in [5.74, 6) is 2.21. The zero-order valence-electron chi connectivity index (χ0n) is 9.41. The summed E-state index contributed by atoms with van der Waals surface area (Å²) in [5.41, 5.74) is 0. The molecule has 0 aromatic carbocycles. The Morgan fingerprint density at radius 2 is 2.07 bits per heavy atom. The van der Waals surface area contributed by atoms with Crippen molar-refractivity contribution >= 4 is 5.91 Å². The number of amides is 1. The van der Waals surface area contributed by atoms with Gasteiger partial charge in [0.05, 0.1) is 0 Å². The van der Waals surface area contributed by atoms with Crippen LogP contribution in [0.15, 0.2) is 0 Å². The summed E-state index contributed by atoms with van der Waals surface area (Å²) in [6, 6.07) is 0.166. The molecule has 2 fully saturated rings. The first kappa shape index (κ1) is 10.9. The highest BCUT2D eigenvalue weighted by atomic mass is 16.3. The average molecular weight is 211 g/mol. The fourth-order valence-corrected chi connectivity index (χ4v) is 2.78. The summed E-state index contributed by atoms with van der Waals surface area (Å²) in [4.78, 5) is 11.9. The van der Waals surface area contributed by atoms with Crippen LogP contribution < -0.4 is 5.32 Å². The number of fused-ring (bicyclic) bond motifs is 1. The van der Waals surface area contributed by atoms with E-state index in [9.17, 15) is 4.79 Å². The van der Waals surface area contributed by atoms with E-state index in [1.807, 2.05) is 6.92 Å². The fraction of sp³-hybridized carbons (Fsp3) is 0.917. The first-order chi connectivity index (χ1) is 7.24. The lowest BCUT2D eigenvalue weighted by atomic mass is 10.0. The molecule has 2 aliphatic rings. The Labute approximate surface area is 91.2 Å². The average Bonchev–Trinajstić information content (AvgIpc) is 2.85. The molecule has 0 aliphatic heterocycles. The van der Waals surface area contributed by atoms with Gasteiger partial charge in [-0.3, -0.25) is 4.79 Å². The van der Waals surface area contributed by atoms with Gasteiger partial charge in [-0.25, -0.2) is 0 Å². The van der Waals surface area contributed by atoms with Crippen molar-refractivity contribution in [1.82, 2.24) is 5.32 Å². The third-order valence-corrected chi connectivity index (χ3v) is 3.93. The van der Waals surface area contributed by atoms with Crippen LogP contribution >= 0.6 is 0 Å². The number of rotatable bonds is 5. The number of aliphatic hydroxyl groups is 1. The number of carbonyl (C=O) groups is 1. The SMILES string of the molecule is CCC(CCO)NC(=O)C1CC2CC2C1. The Kier molecular flexibility index (Phi) is 3.29. The van der Waals surface area contributed by atoms with Crippen molar-refractivity contribution in [3.05, 3.63) is 0 Å². The molecule has 3 nitrogen and oxygen atoms in total. The molecule has 2 saturated carbocycles. The first-order valence-electron chi connectivity index (χ1n) is 6.15. The quantitative estimate of drug-likeness (QED) is 0.720. The van der Waals surface area contributed by atoms with Gasteiger partial charge in [0.15, 0.2) is 0 Å². The highest BCUT2D eigenvalue weighted by Gasteiger charge is 2.48. The van der Waals surface area contributed by atoms with Crippen molar-refractivity contribution in [2.75, 3.05) is 6.61 Å². The Morgan fingerprint density at radius 1 is 1.40 bits per heavy atom. The predicted octanol–water partition coefficient (Wildman–Crippen LogP) is 1.31. The van der Waals surface area contributed by atoms with E-state index in [-0.39, 0.29) is 24.5 Å². The third-order valence-electron chi connectivity index (χ3n) is 3.93. The zero-order valence-corrected chi connectivity index (χ0v) is 9.41. The van der Waals surface area contributed by atoms with Gasteiger partial charge < -0.3 is 10.4 Å². The zero-order chi connectivity index (χ0) is 10.8. The largest absolute Gasteiger partial charge is 0.396 e. The van der Waals surface area contributed by atoms with E-state index in [0.717, 1.165) is 31.1 Å². The van der Waals surface area contributed by atoms with Gasteiger partial charge >= 0.3 is 0 Å². The van der Waals surface area contributed by atoms with Crippen LogP contribution in [0.5, 0.6) is 0 Å². The molecule has 3 atom stereocenters. The molecule has 0 radical (unpaired) electrons. The van der Waals surface area contributed by atoms with Gasteiger partial charge in [0.2, 0.25) is 5.91 Å². The van der Waals surface area contributed by atoms with E-state index >= 15 is 0 Å². The standard InChI is InChI=1S/C12H21NO2/c1-2-11(3-4-14)13-12(15)10-6-8-5-9(8)7-10/h8-11,14H,2-7H2,1H3,(H,13,15). The number of aliphatic hydroxyl groups excluding tert-OH is 1. The molecular weight excluding hydrogens is 190 g/mol. The molecule has 0 saturated heterocycles. The molecule has 0 aromatic rings. The van der Waals surface area contributed by atoms with Gasteiger partial charge in [-0.05, 0) is 43.9 Å². The minimum Gasteiger partial charge on any atom is -0.396 e.